The number of benzene rings is 1. The molecule has 3 nitrogen and oxygen atoms in total. The van der Waals surface area contributed by atoms with Crippen molar-refractivity contribution in [2.75, 3.05) is 6.54 Å². The number of nitrogens with one attached hydrogen (secondary N) is 2. The van der Waals surface area contributed by atoms with E-state index in [0.717, 1.165) is 31.5 Å². The molecule has 120 valence electrons. The fraction of sp³-hybridized carbons (Fsp3) is 0.471. The van der Waals surface area contributed by atoms with Crippen molar-refractivity contribution < 1.29 is 13.5 Å². The summed E-state index contributed by atoms with van der Waals surface area (Å²) in [5.74, 6) is -1.74. The van der Waals surface area contributed by atoms with Crippen LogP contribution >= 0.6 is 0 Å². The third kappa shape index (κ3) is 3.46. The smallest absolute Gasteiger partial charge is 0.200 e. The van der Waals surface area contributed by atoms with E-state index >= 15 is 0 Å². The molecule has 0 amide bonds. The molecule has 5 heteroatoms. The van der Waals surface area contributed by atoms with Crippen LogP contribution in [0.25, 0.3) is 0 Å². The predicted octanol–water partition coefficient (Wildman–Crippen LogP) is 3.96. The van der Waals surface area contributed by atoms with Crippen molar-refractivity contribution in [3.05, 3.63) is 41.1 Å². The maximum Gasteiger partial charge on any atom is 0.200 e. The van der Waals surface area contributed by atoms with Gasteiger partial charge in [-0.3, -0.25) is 0 Å². The highest BCUT2D eigenvalue weighted by molar-refractivity contribution is 5.68. The molecule has 1 fully saturated rings. The summed E-state index contributed by atoms with van der Waals surface area (Å²) in [7, 11) is 0. The van der Waals surface area contributed by atoms with Crippen molar-refractivity contribution in [2.24, 2.45) is 5.92 Å². The molecule has 1 saturated carbocycles. The molecule has 1 aliphatic rings. The largest absolute Gasteiger partial charge is 0.487 e. The third-order valence-corrected chi connectivity index (χ3v) is 4.01. The Bertz CT molecular complexity index is 572. The van der Waals surface area contributed by atoms with Gasteiger partial charge in [-0.2, -0.15) is 4.39 Å². The minimum Gasteiger partial charge on any atom is -0.487 e. The summed E-state index contributed by atoms with van der Waals surface area (Å²) in [6.45, 7) is 4.25. The molecule has 2 N–H and O–H groups in total. The van der Waals surface area contributed by atoms with E-state index < -0.39 is 11.6 Å². The van der Waals surface area contributed by atoms with Crippen LogP contribution in [0.15, 0.2) is 23.9 Å². The topological polar surface area (TPSA) is 45.1 Å². The molecule has 1 aromatic carbocycles. The number of hydrogen-bond acceptors (Lipinski definition) is 3. The van der Waals surface area contributed by atoms with E-state index in [9.17, 15) is 8.78 Å². The predicted molar refractivity (Wildman–Crippen MR) is 83.4 cm³/mol. The minimum atomic E-state index is -0.924. The lowest BCUT2D eigenvalue weighted by atomic mass is 10.0. The van der Waals surface area contributed by atoms with Crippen LogP contribution in [-0.4, -0.2) is 18.9 Å². The van der Waals surface area contributed by atoms with E-state index in [1.807, 2.05) is 6.92 Å². The van der Waals surface area contributed by atoms with Crippen LogP contribution in [0.2, 0.25) is 0 Å². The molecule has 0 radical (unpaired) electrons. The molecule has 0 bridgehead atoms. The fourth-order valence-electron chi connectivity index (χ4n) is 2.91. The van der Waals surface area contributed by atoms with Gasteiger partial charge in [0.2, 0.25) is 5.82 Å². The number of hydrogen-bond donors (Lipinski definition) is 2. The standard InChI is InChI=1S/C17H22F2N2O/c1-3-21-13(9-10-20)12-5-4-6-14(12)22-15-8-7-11(2)16(18)17(15)19/h7-10,12,14,20-21H,3-6H2,1-2H3/b13-9-,20-10?/t12-,14?/m0/s1. The van der Waals surface area contributed by atoms with Gasteiger partial charge in [0.1, 0.15) is 6.10 Å². The van der Waals surface area contributed by atoms with Crippen molar-refractivity contribution in [1.29, 1.82) is 5.41 Å². The number of allylic oxidation sites excluding steroid dienone is 1. The maximum absolute atomic E-state index is 14.0. The molecular weight excluding hydrogens is 286 g/mol. The molecule has 1 aliphatic carbocycles. The molecule has 0 aromatic heterocycles. The van der Waals surface area contributed by atoms with Gasteiger partial charge < -0.3 is 15.5 Å². The highest BCUT2D eigenvalue weighted by atomic mass is 19.2. The van der Waals surface area contributed by atoms with Crippen LogP contribution in [-0.2, 0) is 0 Å². The second-order valence-corrected chi connectivity index (χ2v) is 5.52. The minimum absolute atomic E-state index is 0.0364. The van der Waals surface area contributed by atoms with Gasteiger partial charge in [-0.1, -0.05) is 6.07 Å². The van der Waals surface area contributed by atoms with E-state index in [-0.39, 0.29) is 23.3 Å². The molecule has 0 spiro atoms. The van der Waals surface area contributed by atoms with E-state index in [4.69, 9.17) is 10.1 Å². The first-order chi connectivity index (χ1) is 10.6. The van der Waals surface area contributed by atoms with Gasteiger partial charge in [0.25, 0.3) is 0 Å². The Morgan fingerprint density at radius 3 is 2.82 bits per heavy atom. The van der Waals surface area contributed by atoms with Crippen molar-refractivity contribution >= 4 is 6.21 Å². The van der Waals surface area contributed by atoms with Gasteiger partial charge in [-0.05, 0) is 50.8 Å². The lowest BCUT2D eigenvalue weighted by molar-refractivity contribution is 0.162. The first kappa shape index (κ1) is 16.5. The fourth-order valence-corrected chi connectivity index (χ4v) is 2.91. The summed E-state index contributed by atoms with van der Waals surface area (Å²) in [6.07, 6.45) is 5.41. The lowest BCUT2D eigenvalue weighted by Gasteiger charge is -2.24. The highest BCUT2D eigenvalue weighted by Crippen LogP contribution is 2.35. The number of ether oxygens (including phenoxy) is 1. The van der Waals surface area contributed by atoms with E-state index in [1.54, 1.807) is 6.08 Å². The molecule has 0 saturated heterocycles. The van der Waals surface area contributed by atoms with E-state index in [0.29, 0.717) is 0 Å². The molecule has 2 atom stereocenters. The molecule has 1 unspecified atom stereocenters. The van der Waals surface area contributed by atoms with Gasteiger partial charge in [-0.25, -0.2) is 4.39 Å². The molecule has 0 heterocycles. The highest BCUT2D eigenvalue weighted by Gasteiger charge is 2.32. The normalized spacial score (nSPS) is 21.7. The molecular formula is C17H22F2N2O. The summed E-state index contributed by atoms with van der Waals surface area (Å²) in [5.41, 5.74) is 1.19. The average molecular weight is 308 g/mol. The third-order valence-electron chi connectivity index (χ3n) is 4.01. The lowest BCUT2D eigenvalue weighted by Crippen LogP contribution is -2.30. The van der Waals surface area contributed by atoms with Crippen LogP contribution in [0, 0.1) is 29.9 Å². The number of halogens is 2. The van der Waals surface area contributed by atoms with Gasteiger partial charge >= 0.3 is 0 Å². The monoisotopic (exact) mass is 308 g/mol. The summed E-state index contributed by atoms with van der Waals surface area (Å²) in [5, 5.41) is 10.5. The Labute approximate surface area is 129 Å². The summed E-state index contributed by atoms with van der Waals surface area (Å²) in [4.78, 5) is 0. The Morgan fingerprint density at radius 1 is 1.36 bits per heavy atom. The van der Waals surface area contributed by atoms with E-state index in [1.165, 1.54) is 25.3 Å². The van der Waals surface area contributed by atoms with Gasteiger partial charge in [0.15, 0.2) is 11.6 Å². The zero-order chi connectivity index (χ0) is 16.1. The molecule has 1 aromatic rings. The van der Waals surface area contributed by atoms with Crippen molar-refractivity contribution in [2.45, 2.75) is 39.2 Å². The van der Waals surface area contributed by atoms with Crippen LogP contribution < -0.4 is 10.1 Å². The molecule has 0 aliphatic heterocycles. The summed E-state index contributed by atoms with van der Waals surface area (Å²) in [6, 6.07) is 3.01. The van der Waals surface area contributed by atoms with Crippen LogP contribution in [0.5, 0.6) is 5.75 Å². The van der Waals surface area contributed by atoms with Crippen molar-refractivity contribution in [1.82, 2.24) is 5.32 Å². The average Bonchev–Trinajstić information content (AvgIpc) is 2.96. The first-order valence-electron chi connectivity index (χ1n) is 7.64. The zero-order valence-electron chi connectivity index (χ0n) is 13.0. The van der Waals surface area contributed by atoms with Gasteiger partial charge in [-0.15, -0.1) is 0 Å². The maximum atomic E-state index is 14.0. The van der Waals surface area contributed by atoms with Crippen molar-refractivity contribution in [3.63, 3.8) is 0 Å². The van der Waals surface area contributed by atoms with Crippen molar-refractivity contribution in [3.8, 4) is 5.75 Å². The van der Waals surface area contributed by atoms with Crippen LogP contribution in [0.3, 0.4) is 0 Å². The molecule has 2 rings (SSSR count). The van der Waals surface area contributed by atoms with Gasteiger partial charge in [0.05, 0.1) is 0 Å². The second kappa shape index (κ2) is 7.38. The summed E-state index contributed by atoms with van der Waals surface area (Å²) >= 11 is 0. The van der Waals surface area contributed by atoms with Gasteiger partial charge in [0, 0.05) is 24.4 Å². The number of rotatable bonds is 6. The number of aryl methyl sites for hydroxylation is 1. The van der Waals surface area contributed by atoms with Crippen LogP contribution in [0.4, 0.5) is 8.78 Å². The second-order valence-electron chi connectivity index (χ2n) is 5.52. The quantitative estimate of drug-likeness (QED) is 0.781. The SMILES string of the molecule is CCN/C(=C\C=N)[C@@H]1CCCC1Oc1ccc(C)c(F)c1F. The Morgan fingerprint density at radius 2 is 2.14 bits per heavy atom. The Balaban J connectivity index is 2.19. The Kier molecular flexibility index (Phi) is 5.52. The van der Waals surface area contributed by atoms with E-state index in [2.05, 4.69) is 5.32 Å². The molecule has 22 heavy (non-hydrogen) atoms. The summed E-state index contributed by atoms with van der Waals surface area (Å²) < 4.78 is 33.4. The Hall–Kier alpha value is -1.91. The zero-order valence-corrected chi connectivity index (χ0v) is 13.0. The van der Waals surface area contributed by atoms with Crippen LogP contribution in [0.1, 0.15) is 31.7 Å². The first-order valence-corrected chi connectivity index (χ1v) is 7.64.